The van der Waals surface area contributed by atoms with Gasteiger partial charge in [-0.15, -0.1) is 0 Å². The van der Waals surface area contributed by atoms with Crippen LogP contribution in [0, 0.1) is 0 Å². The normalized spacial score (nSPS) is 13.4. The summed E-state index contributed by atoms with van der Waals surface area (Å²) in [5.41, 5.74) is 18.6. The number of hydrogen-bond donors (Lipinski definition) is 10. The third-order valence-electron chi connectivity index (χ3n) is 6.91. The van der Waals surface area contributed by atoms with Crippen LogP contribution in [0.15, 0.2) is 66.0 Å². The van der Waals surface area contributed by atoms with E-state index in [2.05, 4.69) is 30.9 Å². The van der Waals surface area contributed by atoms with Crippen LogP contribution < -0.4 is 33.2 Å². The number of imidazole rings is 1. The van der Waals surface area contributed by atoms with Crippen molar-refractivity contribution >= 4 is 29.7 Å². The zero-order valence-electron chi connectivity index (χ0n) is 24.9. The lowest BCUT2D eigenvalue weighted by Gasteiger charge is -2.25. The van der Waals surface area contributed by atoms with E-state index >= 15 is 0 Å². The van der Waals surface area contributed by atoms with E-state index in [1.807, 2.05) is 0 Å². The average molecular weight is 638 g/mol. The van der Waals surface area contributed by atoms with E-state index in [0.29, 0.717) is 16.8 Å². The molecule has 4 unspecified atom stereocenters. The first-order valence-corrected chi connectivity index (χ1v) is 14.4. The average Bonchev–Trinajstić information content (AvgIpc) is 3.52. The molecule has 16 heteroatoms. The van der Waals surface area contributed by atoms with E-state index in [9.17, 15) is 34.5 Å². The number of amides is 3. The number of aliphatic imine (C=N–C) groups is 1. The zero-order valence-corrected chi connectivity index (χ0v) is 24.9. The molecular formula is C30H39N9O7. The number of hydrogen-bond acceptors (Lipinski definition) is 9. The monoisotopic (exact) mass is 637 g/mol. The molecule has 16 nitrogen and oxygen atoms in total. The summed E-state index contributed by atoms with van der Waals surface area (Å²) >= 11 is 0. The van der Waals surface area contributed by atoms with Gasteiger partial charge in [0.2, 0.25) is 17.7 Å². The lowest BCUT2D eigenvalue weighted by molar-refractivity contribution is -0.142. The molecule has 0 radical (unpaired) electrons. The summed E-state index contributed by atoms with van der Waals surface area (Å²) in [6, 6.07) is 6.93. The molecule has 46 heavy (non-hydrogen) atoms. The number of rotatable bonds is 17. The number of carboxylic acid groups (broad SMARTS) is 1. The maximum Gasteiger partial charge on any atom is 0.326 e. The fourth-order valence-corrected chi connectivity index (χ4v) is 4.47. The van der Waals surface area contributed by atoms with Crippen molar-refractivity contribution < 1.29 is 34.5 Å². The smallest absolute Gasteiger partial charge is 0.326 e. The van der Waals surface area contributed by atoms with Crippen molar-refractivity contribution in [3.8, 4) is 11.5 Å². The SMILES string of the molecule is NC(N)=NCCCC(NC(=O)C(N)Cc1cnc[nH]1)C(=O)NC(Cc1ccc(O)cc1)C(=O)NC(Cc1ccc(O)cc1)C(=O)O. The number of carboxylic acids is 1. The number of carbonyl (C=O) groups is 4. The highest BCUT2D eigenvalue weighted by Crippen LogP contribution is 2.14. The number of carbonyl (C=O) groups excluding carboxylic acids is 3. The summed E-state index contributed by atoms with van der Waals surface area (Å²) in [4.78, 5) is 62.9. The molecule has 0 saturated carbocycles. The van der Waals surface area contributed by atoms with Crippen molar-refractivity contribution in [1.29, 1.82) is 0 Å². The first-order valence-electron chi connectivity index (χ1n) is 14.4. The van der Waals surface area contributed by atoms with Crippen LogP contribution in [-0.2, 0) is 38.4 Å². The fraction of sp³-hybridized carbons (Fsp3) is 0.333. The highest BCUT2D eigenvalue weighted by molar-refractivity contribution is 5.94. The molecule has 4 atom stereocenters. The molecular weight excluding hydrogens is 598 g/mol. The van der Waals surface area contributed by atoms with Crippen LogP contribution >= 0.6 is 0 Å². The summed E-state index contributed by atoms with van der Waals surface area (Å²) in [6.45, 7) is 0.164. The van der Waals surface area contributed by atoms with Crippen LogP contribution in [0.1, 0.15) is 29.7 Å². The molecule has 0 aliphatic heterocycles. The summed E-state index contributed by atoms with van der Waals surface area (Å²) in [6.07, 6.45) is 3.28. The van der Waals surface area contributed by atoms with Crippen LogP contribution in [0.25, 0.3) is 0 Å². The maximum atomic E-state index is 13.6. The summed E-state index contributed by atoms with van der Waals surface area (Å²) in [5.74, 6) is -3.62. The standard InChI is InChI=1S/C30H39N9O7/c31-22(14-19-15-34-16-36-19)26(42)37-23(2-1-11-35-30(32)33)27(43)38-24(12-17-3-7-20(40)8-4-17)28(44)39-25(29(45)46)13-18-5-9-21(41)10-6-18/h3-10,15-16,22-25,40-41H,1-2,11-14,31H2,(H,34,36)(H,37,42)(H,38,43)(H,39,44)(H,45,46)(H4,32,33,35). The Bertz CT molecular complexity index is 1480. The third-order valence-corrected chi connectivity index (χ3v) is 6.91. The first-order chi connectivity index (χ1) is 21.9. The van der Waals surface area contributed by atoms with Crippen LogP contribution in [0.5, 0.6) is 11.5 Å². The van der Waals surface area contributed by atoms with Gasteiger partial charge in [-0.1, -0.05) is 24.3 Å². The molecule has 0 aliphatic carbocycles. The van der Waals surface area contributed by atoms with E-state index < -0.39 is 47.9 Å². The van der Waals surface area contributed by atoms with Gasteiger partial charge in [0, 0.05) is 37.7 Å². The lowest BCUT2D eigenvalue weighted by Crippen LogP contribution is -2.58. The Morgan fingerprint density at radius 2 is 1.30 bits per heavy atom. The minimum absolute atomic E-state index is 0.00135. The zero-order chi connectivity index (χ0) is 33.6. The van der Waals surface area contributed by atoms with Gasteiger partial charge in [0.05, 0.1) is 12.4 Å². The van der Waals surface area contributed by atoms with Crippen LogP contribution in [0.4, 0.5) is 0 Å². The molecule has 3 aromatic rings. The minimum Gasteiger partial charge on any atom is -0.508 e. The van der Waals surface area contributed by atoms with E-state index in [1.54, 1.807) is 12.1 Å². The third kappa shape index (κ3) is 11.5. The van der Waals surface area contributed by atoms with Crippen molar-refractivity contribution in [2.45, 2.75) is 56.3 Å². The van der Waals surface area contributed by atoms with Crippen molar-refractivity contribution in [3.05, 3.63) is 77.9 Å². The Morgan fingerprint density at radius 1 is 0.783 bits per heavy atom. The van der Waals surface area contributed by atoms with Crippen molar-refractivity contribution in [2.75, 3.05) is 6.54 Å². The Labute approximate surface area is 264 Å². The van der Waals surface area contributed by atoms with Gasteiger partial charge in [-0.2, -0.15) is 0 Å². The molecule has 0 saturated heterocycles. The number of aromatic hydroxyl groups is 2. The van der Waals surface area contributed by atoms with Gasteiger partial charge in [-0.25, -0.2) is 9.78 Å². The number of benzene rings is 2. The van der Waals surface area contributed by atoms with E-state index in [-0.39, 0.29) is 56.1 Å². The Hall–Kier alpha value is -5.64. The molecule has 1 heterocycles. The fourth-order valence-electron chi connectivity index (χ4n) is 4.47. The largest absolute Gasteiger partial charge is 0.508 e. The van der Waals surface area contributed by atoms with Gasteiger partial charge >= 0.3 is 5.97 Å². The summed E-state index contributed by atoms with van der Waals surface area (Å²) in [5, 5.41) is 36.8. The minimum atomic E-state index is -1.37. The molecule has 1 aromatic heterocycles. The molecule has 0 spiro atoms. The van der Waals surface area contributed by atoms with Crippen LogP contribution in [0.2, 0.25) is 0 Å². The number of nitrogens with two attached hydrogens (primary N) is 3. The number of aliphatic carboxylic acids is 1. The molecule has 246 valence electrons. The van der Waals surface area contributed by atoms with Crippen LogP contribution in [-0.4, -0.2) is 85.7 Å². The highest BCUT2D eigenvalue weighted by atomic mass is 16.4. The van der Waals surface area contributed by atoms with Crippen molar-refractivity contribution in [3.63, 3.8) is 0 Å². The van der Waals surface area contributed by atoms with Gasteiger partial charge in [-0.3, -0.25) is 19.4 Å². The molecule has 3 rings (SSSR count). The van der Waals surface area contributed by atoms with Gasteiger partial charge in [-0.05, 0) is 48.2 Å². The second kappa shape index (κ2) is 17.0. The molecule has 0 bridgehead atoms. The van der Waals surface area contributed by atoms with E-state index in [1.165, 1.54) is 48.9 Å². The van der Waals surface area contributed by atoms with Crippen molar-refractivity contribution in [1.82, 2.24) is 25.9 Å². The quantitative estimate of drug-likeness (QED) is 0.0475. The van der Waals surface area contributed by atoms with Gasteiger partial charge < -0.3 is 53.5 Å². The predicted octanol–water partition coefficient (Wildman–Crippen LogP) is -1.23. The number of aromatic amines is 1. The van der Waals surface area contributed by atoms with E-state index in [4.69, 9.17) is 17.2 Å². The number of nitrogens with zero attached hydrogens (tertiary/aromatic N) is 2. The van der Waals surface area contributed by atoms with Crippen molar-refractivity contribution in [2.24, 2.45) is 22.2 Å². The summed E-state index contributed by atoms with van der Waals surface area (Å²) in [7, 11) is 0. The lowest BCUT2D eigenvalue weighted by atomic mass is 10.0. The molecule has 3 amide bonds. The number of phenolic OH excluding ortho intramolecular Hbond substituents is 2. The van der Waals surface area contributed by atoms with Gasteiger partial charge in [0.15, 0.2) is 5.96 Å². The van der Waals surface area contributed by atoms with E-state index in [0.717, 1.165) is 0 Å². The molecule has 0 fully saturated rings. The van der Waals surface area contributed by atoms with Gasteiger partial charge in [0.25, 0.3) is 0 Å². The number of H-pyrrole nitrogens is 1. The summed E-state index contributed by atoms with van der Waals surface area (Å²) < 4.78 is 0. The number of guanidine groups is 1. The van der Waals surface area contributed by atoms with Crippen LogP contribution in [0.3, 0.4) is 0 Å². The second-order valence-electron chi connectivity index (χ2n) is 10.6. The number of aromatic nitrogens is 2. The molecule has 0 aliphatic rings. The van der Waals surface area contributed by atoms with Gasteiger partial charge in [0.1, 0.15) is 29.6 Å². The number of phenols is 2. The highest BCUT2D eigenvalue weighted by Gasteiger charge is 2.31. The molecule has 13 N–H and O–H groups in total. The second-order valence-corrected chi connectivity index (χ2v) is 10.6. The first kappa shape index (κ1) is 34.8. The topological polar surface area (TPSA) is 284 Å². The molecule has 2 aromatic carbocycles. The Morgan fingerprint density at radius 3 is 1.83 bits per heavy atom. The predicted molar refractivity (Wildman–Crippen MR) is 167 cm³/mol. The Balaban J connectivity index is 1.80. The number of nitrogens with one attached hydrogen (secondary N) is 4. The Kier molecular flexibility index (Phi) is 12.9. The maximum absolute atomic E-state index is 13.6.